The molecule has 5 heteroatoms. The first-order valence-corrected chi connectivity index (χ1v) is 6.43. The third kappa shape index (κ3) is 2.30. The zero-order valence-electron chi connectivity index (χ0n) is 8.33. The van der Waals surface area contributed by atoms with E-state index in [0.29, 0.717) is 0 Å². The Morgan fingerprint density at radius 3 is 3.07 bits per heavy atom. The summed E-state index contributed by atoms with van der Waals surface area (Å²) in [5.74, 6) is 0.858. The summed E-state index contributed by atoms with van der Waals surface area (Å²) in [6.07, 6.45) is 2.73. The fourth-order valence-corrected chi connectivity index (χ4v) is 2.69. The highest BCUT2D eigenvalue weighted by atomic mass is 79.9. The van der Waals surface area contributed by atoms with Gasteiger partial charge in [0, 0.05) is 9.85 Å². The number of imidazole rings is 1. The second kappa shape index (κ2) is 4.47. The van der Waals surface area contributed by atoms with Crippen molar-refractivity contribution in [3.05, 3.63) is 27.9 Å². The van der Waals surface area contributed by atoms with Crippen molar-refractivity contribution in [1.29, 1.82) is 0 Å². The highest BCUT2D eigenvalue weighted by molar-refractivity contribution is 9.10. The summed E-state index contributed by atoms with van der Waals surface area (Å²) >= 11 is 5.11. The van der Waals surface area contributed by atoms with Crippen LogP contribution in [0.3, 0.4) is 0 Å². The van der Waals surface area contributed by atoms with Gasteiger partial charge in [0.2, 0.25) is 0 Å². The molecule has 0 aliphatic carbocycles. The van der Waals surface area contributed by atoms with Gasteiger partial charge in [-0.3, -0.25) is 0 Å². The third-order valence-corrected chi connectivity index (χ3v) is 3.94. The van der Waals surface area contributed by atoms with Crippen molar-refractivity contribution in [1.82, 2.24) is 9.97 Å². The Labute approximate surface area is 101 Å². The SMILES string of the molecule is CCC(N)c1ncc(-c2cc(Br)cs2)[nH]1. The van der Waals surface area contributed by atoms with Crippen molar-refractivity contribution in [3.63, 3.8) is 0 Å². The number of nitrogens with one attached hydrogen (secondary N) is 1. The minimum atomic E-state index is 0.00199. The maximum absolute atomic E-state index is 5.89. The van der Waals surface area contributed by atoms with Crippen LogP contribution in [0.4, 0.5) is 0 Å². The van der Waals surface area contributed by atoms with Crippen molar-refractivity contribution in [2.24, 2.45) is 5.73 Å². The molecule has 0 aromatic carbocycles. The maximum Gasteiger partial charge on any atom is 0.123 e. The standard InChI is InChI=1S/C10H12BrN3S/c1-2-7(12)10-13-4-8(14-10)9-3-6(11)5-15-9/h3-5,7H,2,12H2,1H3,(H,13,14). The molecule has 0 amide bonds. The molecule has 3 nitrogen and oxygen atoms in total. The summed E-state index contributed by atoms with van der Waals surface area (Å²) in [7, 11) is 0. The molecule has 0 fully saturated rings. The Bertz CT molecular complexity index is 449. The third-order valence-electron chi connectivity index (χ3n) is 2.22. The Morgan fingerprint density at radius 1 is 1.67 bits per heavy atom. The zero-order chi connectivity index (χ0) is 10.8. The van der Waals surface area contributed by atoms with Crippen LogP contribution in [0.15, 0.2) is 22.1 Å². The van der Waals surface area contributed by atoms with Crippen LogP contribution in [-0.2, 0) is 0 Å². The fourth-order valence-electron chi connectivity index (χ4n) is 1.30. The molecule has 3 N–H and O–H groups in total. The van der Waals surface area contributed by atoms with E-state index in [1.807, 2.05) is 6.20 Å². The molecule has 0 saturated heterocycles. The van der Waals surface area contributed by atoms with E-state index in [9.17, 15) is 0 Å². The number of rotatable bonds is 3. The lowest BCUT2D eigenvalue weighted by atomic mass is 10.2. The first-order chi connectivity index (χ1) is 7.20. The van der Waals surface area contributed by atoms with Gasteiger partial charge in [-0.2, -0.15) is 0 Å². The van der Waals surface area contributed by atoms with Gasteiger partial charge in [0.15, 0.2) is 0 Å². The number of H-pyrrole nitrogens is 1. The Kier molecular flexibility index (Phi) is 3.23. The molecule has 2 rings (SSSR count). The summed E-state index contributed by atoms with van der Waals surface area (Å²) in [6.45, 7) is 2.05. The molecule has 2 heterocycles. The predicted octanol–water partition coefficient (Wildman–Crippen LogP) is 3.31. The van der Waals surface area contributed by atoms with Crippen molar-refractivity contribution < 1.29 is 0 Å². The van der Waals surface area contributed by atoms with Crippen LogP contribution in [0, 0.1) is 0 Å². The molecule has 15 heavy (non-hydrogen) atoms. The maximum atomic E-state index is 5.89. The van der Waals surface area contributed by atoms with Gasteiger partial charge in [0.1, 0.15) is 5.82 Å². The normalized spacial score (nSPS) is 13.0. The summed E-state index contributed by atoms with van der Waals surface area (Å²) in [6, 6.07) is 2.07. The van der Waals surface area contributed by atoms with Gasteiger partial charge >= 0.3 is 0 Å². The van der Waals surface area contributed by atoms with Crippen molar-refractivity contribution in [2.75, 3.05) is 0 Å². The van der Waals surface area contributed by atoms with Crippen LogP contribution < -0.4 is 5.73 Å². The van der Waals surface area contributed by atoms with Crippen LogP contribution in [0.2, 0.25) is 0 Å². The fraction of sp³-hybridized carbons (Fsp3) is 0.300. The average Bonchev–Trinajstić information content (AvgIpc) is 2.84. The minimum Gasteiger partial charge on any atom is -0.340 e. The van der Waals surface area contributed by atoms with Gasteiger partial charge < -0.3 is 10.7 Å². The molecular weight excluding hydrogens is 274 g/mol. The average molecular weight is 286 g/mol. The molecule has 1 unspecified atom stereocenters. The van der Waals surface area contributed by atoms with Crippen LogP contribution in [0.25, 0.3) is 10.6 Å². The van der Waals surface area contributed by atoms with E-state index in [4.69, 9.17) is 5.73 Å². The van der Waals surface area contributed by atoms with E-state index in [1.165, 1.54) is 4.88 Å². The zero-order valence-corrected chi connectivity index (χ0v) is 10.7. The Morgan fingerprint density at radius 2 is 2.47 bits per heavy atom. The summed E-state index contributed by atoms with van der Waals surface area (Å²) < 4.78 is 1.10. The number of hydrogen-bond acceptors (Lipinski definition) is 3. The van der Waals surface area contributed by atoms with Gasteiger partial charge in [0.25, 0.3) is 0 Å². The van der Waals surface area contributed by atoms with Crippen molar-refractivity contribution >= 4 is 27.3 Å². The number of nitrogens with two attached hydrogens (primary N) is 1. The number of nitrogens with zero attached hydrogens (tertiary/aromatic N) is 1. The van der Waals surface area contributed by atoms with Crippen LogP contribution >= 0.6 is 27.3 Å². The highest BCUT2D eigenvalue weighted by Crippen LogP contribution is 2.29. The number of thiophene rings is 1. The number of aromatic nitrogens is 2. The number of hydrogen-bond donors (Lipinski definition) is 2. The molecule has 0 bridgehead atoms. The molecule has 0 spiro atoms. The van der Waals surface area contributed by atoms with Crippen LogP contribution in [-0.4, -0.2) is 9.97 Å². The van der Waals surface area contributed by atoms with E-state index in [2.05, 4.69) is 44.3 Å². The molecule has 0 aliphatic heterocycles. The lowest BCUT2D eigenvalue weighted by Crippen LogP contribution is -2.10. The highest BCUT2D eigenvalue weighted by Gasteiger charge is 2.09. The number of halogens is 1. The first kappa shape index (κ1) is 10.9. The second-order valence-electron chi connectivity index (χ2n) is 3.33. The minimum absolute atomic E-state index is 0.00199. The summed E-state index contributed by atoms with van der Waals surface area (Å²) in [5, 5.41) is 2.05. The smallest absolute Gasteiger partial charge is 0.123 e. The first-order valence-electron chi connectivity index (χ1n) is 4.75. The predicted molar refractivity (Wildman–Crippen MR) is 66.8 cm³/mol. The van der Waals surface area contributed by atoms with Gasteiger partial charge in [-0.1, -0.05) is 6.92 Å². The summed E-state index contributed by atoms with van der Waals surface area (Å²) in [4.78, 5) is 8.70. The van der Waals surface area contributed by atoms with Crippen LogP contribution in [0.5, 0.6) is 0 Å². The van der Waals surface area contributed by atoms with E-state index in [-0.39, 0.29) is 6.04 Å². The molecule has 2 aromatic rings. The molecule has 2 aromatic heterocycles. The topological polar surface area (TPSA) is 54.7 Å². The second-order valence-corrected chi connectivity index (χ2v) is 5.15. The molecule has 0 radical (unpaired) electrons. The van der Waals surface area contributed by atoms with Crippen molar-refractivity contribution in [2.45, 2.75) is 19.4 Å². The Hall–Kier alpha value is -0.650. The van der Waals surface area contributed by atoms with Gasteiger partial charge in [-0.05, 0) is 28.4 Å². The van der Waals surface area contributed by atoms with Gasteiger partial charge in [0.05, 0.1) is 22.8 Å². The van der Waals surface area contributed by atoms with Crippen LogP contribution in [0.1, 0.15) is 25.2 Å². The number of aromatic amines is 1. The molecule has 80 valence electrons. The van der Waals surface area contributed by atoms with E-state index < -0.39 is 0 Å². The van der Waals surface area contributed by atoms with E-state index >= 15 is 0 Å². The monoisotopic (exact) mass is 285 g/mol. The molecule has 0 saturated carbocycles. The largest absolute Gasteiger partial charge is 0.340 e. The van der Waals surface area contributed by atoms with E-state index in [0.717, 1.165) is 22.4 Å². The van der Waals surface area contributed by atoms with Gasteiger partial charge in [-0.15, -0.1) is 11.3 Å². The lowest BCUT2D eigenvalue weighted by Gasteiger charge is -2.02. The van der Waals surface area contributed by atoms with Crippen molar-refractivity contribution in [3.8, 4) is 10.6 Å². The molecular formula is C10H12BrN3S. The quantitative estimate of drug-likeness (QED) is 0.909. The van der Waals surface area contributed by atoms with Gasteiger partial charge in [-0.25, -0.2) is 4.98 Å². The van der Waals surface area contributed by atoms with E-state index in [1.54, 1.807) is 11.3 Å². The molecule has 1 atom stereocenters. The Balaban J connectivity index is 2.27. The molecule has 0 aliphatic rings. The lowest BCUT2D eigenvalue weighted by molar-refractivity contribution is 0.658. The summed E-state index contributed by atoms with van der Waals surface area (Å²) in [5.41, 5.74) is 6.92.